The number of hydrogen-bond acceptors (Lipinski definition) is 4. The zero-order valence-corrected chi connectivity index (χ0v) is 16.8. The first-order valence-corrected chi connectivity index (χ1v) is 9.92. The highest BCUT2D eigenvalue weighted by molar-refractivity contribution is 5.78. The monoisotopic (exact) mass is 382 g/mol. The lowest BCUT2D eigenvalue weighted by atomic mass is 9.97. The number of piperidine rings is 1. The summed E-state index contributed by atoms with van der Waals surface area (Å²) in [6.45, 7) is 3.72. The highest BCUT2D eigenvalue weighted by atomic mass is 16.5. The largest absolute Gasteiger partial charge is 0.497 e. The summed E-state index contributed by atoms with van der Waals surface area (Å²) in [5, 5.41) is 3.11. The minimum Gasteiger partial charge on any atom is -0.497 e. The highest BCUT2D eigenvalue weighted by Gasteiger charge is 2.21. The number of amides is 1. The van der Waals surface area contributed by atoms with Gasteiger partial charge in [0.1, 0.15) is 11.5 Å². The maximum atomic E-state index is 12.3. The molecule has 0 aliphatic carbocycles. The Balaban J connectivity index is 1.46. The lowest BCUT2D eigenvalue weighted by Crippen LogP contribution is -2.40. The first-order chi connectivity index (χ1) is 13.7. The Hall–Kier alpha value is -2.53. The molecule has 1 heterocycles. The van der Waals surface area contributed by atoms with E-state index < -0.39 is 0 Å². The zero-order valence-electron chi connectivity index (χ0n) is 16.8. The summed E-state index contributed by atoms with van der Waals surface area (Å²) in [7, 11) is 3.36. The Labute approximate surface area is 167 Å². The molecule has 1 amide bonds. The first-order valence-electron chi connectivity index (χ1n) is 9.92. The predicted octanol–water partition coefficient (Wildman–Crippen LogP) is 3.27. The van der Waals surface area contributed by atoms with E-state index in [1.807, 2.05) is 36.4 Å². The van der Waals surface area contributed by atoms with Crippen molar-refractivity contribution in [2.24, 2.45) is 5.92 Å². The second-order valence-electron chi connectivity index (χ2n) is 7.38. The minimum absolute atomic E-state index is 0.0759. The molecule has 1 N–H and O–H groups in total. The third-order valence-corrected chi connectivity index (χ3v) is 5.30. The van der Waals surface area contributed by atoms with Crippen molar-refractivity contribution in [3.63, 3.8) is 0 Å². The van der Waals surface area contributed by atoms with E-state index >= 15 is 0 Å². The van der Waals surface area contributed by atoms with Gasteiger partial charge in [0.15, 0.2) is 0 Å². The van der Waals surface area contributed by atoms with Crippen molar-refractivity contribution in [3.05, 3.63) is 59.7 Å². The minimum atomic E-state index is 0.0759. The second kappa shape index (κ2) is 10.1. The van der Waals surface area contributed by atoms with Gasteiger partial charge in [-0.1, -0.05) is 30.3 Å². The fourth-order valence-electron chi connectivity index (χ4n) is 3.79. The molecule has 28 heavy (non-hydrogen) atoms. The van der Waals surface area contributed by atoms with Crippen molar-refractivity contribution >= 4 is 5.91 Å². The van der Waals surface area contributed by atoms with Gasteiger partial charge in [0, 0.05) is 25.2 Å². The van der Waals surface area contributed by atoms with Crippen LogP contribution in [-0.2, 0) is 17.8 Å². The molecular weight excluding hydrogens is 352 g/mol. The van der Waals surface area contributed by atoms with Crippen molar-refractivity contribution in [2.75, 3.05) is 33.9 Å². The lowest BCUT2D eigenvalue weighted by molar-refractivity contribution is -0.120. The van der Waals surface area contributed by atoms with Gasteiger partial charge in [-0.05, 0) is 49.1 Å². The van der Waals surface area contributed by atoms with Crippen LogP contribution in [0.3, 0.4) is 0 Å². The van der Waals surface area contributed by atoms with E-state index in [2.05, 4.69) is 22.3 Å². The molecule has 0 unspecified atom stereocenters. The molecule has 0 spiro atoms. The number of nitrogens with zero attached hydrogens (tertiary/aromatic N) is 1. The van der Waals surface area contributed by atoms with Crippen LogP contribution in [0, 0.1) is 5.92 Å². The maximum Gasteiger partial charge on any atom is 0.224 e. The normalized spacial score (nSPS) is 17.1. The van der Waals surface area contributed by atoms with Gasteiger partial charge in [-0.25, -0.2) is 0 Å². The number of benzene rings is 2. The van der Waals surface area contributed by atoms with Gasteiger partial charge in [-0.3, -0.25) is 9.69 Å². The van der Waals surface area contributed by atoms with Crippen LogP contribution in [0.2, 0.25) is 0 Å². The third kappa shape index (κ3) is 5.73. The molecule has 1 aliphatic rings. The van der Waals surface area contributed by atoms with Crippen LogP contribution in [-0.4, -0.2) is 44.7 Å². The van der Waals surface area contributed by atoms with Gasteiger partial charge in [0.2, 0.25) is 5.91 Å². The molecule has 1 fully saturated rings. The van der Waals surface area contributed by atoms with E-state index in [1.165, 1.54) is 5.56 Å². The van der Waals surface area contributed by atoms with Crippen LogP contribution in [0.5, 0.6) is 11.5 Å². The molecule has 0 saturated carbocycles. The molecule has 2 aromatic carbocycles. The molecule has 0 bridgehead atoms. The number of likely N-dealkylation sites (tertiary alicyclic amines) is 1. The molecule has 5 heteroatoms. The Kier molecular flexibility index (Phi) is 7.31. The number of carbonyl (C=O) groups excluding carboxylic acids is 1. The molecule has 3 rings (SSSR count). The third-order valence-electron chi connectivity index (χ3n) is 5.30. The molecule has 0 radical (unpaired) electrons. The highest BCUT2D eigenvalue weighted by Crippen LogP contribution is 2.23. The summed E-state index contributed by atoms with van der Waals surface area (Å²) >= 11 is 0. The van der Waals surface area contributed by atoms with Crippen molar-refractivity contribution in [3.8, 4) is 11.5 Å². The van der Waals surface area contributed by atoms with Crippen molar-refractivity contribution < 1.29 is 14.3 Å². The van der Waals surface area contributed by atoms with Crippen LogP contribution in [0.1, 0.15) is 24.0 Å². The number of nitrogens with one attached hydrogen (secondary N) is 1. The van der Waals surface area contributed by atoms with Gasteiger partial charge in [-0.2, -0.15) is 0 Å². The Morgan fingerprint density at radius 2 is 1.89 bits per heavy atom. The summed E-state index contributed by atoms with van der Waals surface area (Å²) in [6, 6.07) is 15.8. The summed E-state index contributed by atoms with van der Waals surface area (Å²) in [5.41, 5.74) is 2.22. The summed E-state index contributed by atoms with van der Waals surface area (Å²) in [4.78, 5) is 14.8. The number of ether oxygens (including phenoxy) is 2. The van der Waals surface area contributed by atoms with Crippen molar-refractivity contribution in [1.82, 2.24) is 10.2 Å². The average Bonchev–Trinajstić information content (AvgIpc) is 2.73. The number of methoxy groups -OCH3 is 2. The molecule has 1 aliphatic heterocycles. The fourth-order valence-corrected chi connectivity index (χ4v) is 3.79. The predicted molar refractivity (Wildman–Crippen MR) is 111 cm³/mol. The maximum absolute atomic E-state index is 12.3. The van der Waals surface area contributed by atoms with Gasteiger partial charge < -0.3 is 14.8 Å². The first kappa shape index (κ1) is 20.2. The summed E-state index contributed by atoms with van der Waals surface area (Å²) < 4.78 is 10.6. The van der Waals surface area contributed by atoms with E-state index in [0.717, 1.165) is 56.1 Å². The molecule has 5 nitrogen and oxygen atoms in total. The topological polar surface area (TPSA) is 50.8 Å². The molecule has 150 valence electrons. The van der Waals surface area contributed by atoms with Crippen LogP contribution in [0.4, 0.5) is 0 Å². The van der Waals surface area contributed by atoms with Gasteiger partial charge in [0.25, 0.3) is 0 Å². The van der Waals surface area contributed by atoms with Gasteiger partial charge in [0.05, 0.1) is 20.6 Å². The standard InChI is InChI=1S/C23H30N2O3/c1-27-21-11-9-18(10-12-21)14-23(26)24-15-19-6-5-13-25(16-19)17-20-7-3-4-8-22(20)28-2/h3-4,7-12,19H,5-6,13-17H2,1-2H3,(H,24,26)/t19-/m0/s1. The SMILES string of the molecule is COc1ccc(CC(=O)NC[C@@H]2CCCN(Cc3ccccc3OC)C2)cc1. The number of rotatable bonds is 8. The quantitative estimate of drug-likeness (QED) is 0.761. The molecular formula is C23H30N2O3. The van der Waals surface area contributed by atoms with Crippen LogP contribution in [0.15, 0.2) is 48.5 Å². The van der Waals surface area contributed by atoms with E-state index in [4.69, 9.17) is 9.47 Å². The Morgan fingerprint density at radius 1 is 1.11 bits per heavy atom. The van der Waals surface area contributed by atoms with E-state index in [1.54, 1.807) is 14.2 Å². The van der Waals surface area contributed by atoms with E-state index in [0.29, 0.717) is 12.3 Å². The second-order valence-corrected chi connectivity index (χ2v) is 7.38. The Bertz CT molecular complexity index is 761. The fraction of sp³-hybridized carbons (Fsp3) is 0.435. The number of carbonyl (C=O) groups is 1. The summed E-state index contributed by atoms with van der Waals surface area (Å²) in [6.07, 6.45) is 2.72. The molecule has 0 aromatic heterocycles. The van der Waals surface area contributed by atoms with E-state index in [9.17, 15) is 4.79 Å². The smallest absolute Gasteiger partial charge is 0.224 e. The van der Waals surface area contributed by atoms with Gasteiger partial charge in [-0.15, -0.1) is 0 Å². The summed E-state index contributed by atoms with van der Waals surface area (Å²) in [5.74, 6) is 2.31. The lowest BCUT2D eigenvalue weighted by Gasteiger charge is -2.33. The van der Waals surface area contributed by atoms with Crippen molar-refractivity contribution in [2.45, 2.75) is 25.8 Å². The molecule has 1 saturated heterocycles. The number of hydrogen-bond donors (Lipinski definition) is 1. The van der Waals surface area contributed by atoms with Crippen molar-refractivity contribution in [1.29, 1.82) is 0 Å². The van der Waals surface area contributed by atoms with E-state index in [-0.39, 0.29) is 5.91 Å². The molecule has 2 aromatic rings. The van der Waals surface area contributed by atoms with Crippen LogP contribution in [0.25, 0.3) is 0 Å². The van der Waals surface area contributed by atoms with Crippen LogP contribution < -0.4 is 14.8 Å². The zero-order chi connectivity index (χ0) is 19.8. The number of para-hydroxylation sites is 1. The van der Waals surface area contributed by atoms with Crippen LogP contribution >= 0.6 is 0 Å². The average molecular weight is 383 g/mol. The molecule has 1 atom stereocenters. The Morgan fingerprint density at radius 3 is 2.64 bits per heavy atom. The van der Waals surface area contributed by atoms with Gasteiger partial charge >= 0.3 is 0 Å².